The average Bonchev–Trinajstić information content (AvgIpc) is 2.77. The third-order valence-corrected chi connectivity index (χ3v) is 3.86. The molecule has 1 amide bonds. The van der Waals surface area contributed by atoms with Crippen LogP contribution in [0.15, 0.2) is 18.2 Å². The molecule has 5 nitrogen and oxygen atoms in total. The van der Waals surface area contributed by atoms with E-state index in [0.717, 1.165) is 31.2 Å². The van der Waals surface area contributed by atoms with Crippen LogP contribution in [0.1, 0.15) is 48.0 Å². The Bertz CT molecular complexity index is 534. The van der Waals surface area contributed by atoms with Crippen molar-refractivity contribution >= 4 is 17.6 Å². The van der Waals surface area contributed by atoms with E-state index in [1.54, 1.807) is 19.1 Å². The zero-order chi connectivity index (χ0) is 14.8. The van der Waals surface area contributed by atoms with Crippen molar-refractivity contribution < 1.29 is 14.7 Å². The second-order valence-electron chi connectivity index (χ2n) is 5.63. The van der Waals surface area contributed by atoms with E-state index >= 15 is 0 Å². The summed E-state index contributed by atoms with van der Waals surface area (Å²) in [4.78, 5) is 22.9. The molecule has 0 heterocycles. The van der Waals surface area contributed by atoms with Crippen molar-refractivity contribution in [2.24, 2.45) is 5.73 Å². The van der Waals surface area contributed by atoms with Crippen molar-refractivity contribution in [3.8, 4) is 0 Å². The minimum Gasteiger partial charge on any atom is -0.478 e. The zero-order valence-corrected chi connectivity index (χ0v) is 11.6. The zero-order valence-electron chi connectivity index (χ0n) is 11.6. The number of anilines is 1. The molecule has 1 aliphatic rings. The summed E-state index contributed by atoms with van der Waals surface area (Å²) >= 11 is 0. The molecule has 0 bridgehead atoms. The first-order chi connectivity index (χ1) is 9.39. The number of aryl methyl sites for hydroxylation is 1. The monoisotopic (exact) mass is 276 g/mol. The number of nitrogens with two attached hydrogens (primary N) is 1. The SMILES string of the molecule is Cc1cc(C(=O)O)ccc1NC(=O)CC1(N)CCCC1. The molecule has 20 heavy (non-hydrogen) atoms. The summed E-state index contributed by atoms with van der Waals surface area (Å²) in [5.74, 6) is -1.08. The lowest BCUT2D eigenvalue weighted by atomic mass is 9.94. The molecule has 0 aromatic heterocycles. The smallest absolute Gasteiger partial charge is 0.335 e. The quantitative estimate of drug-likeness (QED) is 0.786. The van der Waals surface area contributed by atoms with Crippen LogP contribution in [-0.4, -0.2) is 22.5 Å². The van der Waals surface area contributed by atoms with Crippen molar-refractivity contribution in [2.75, 3.05) is 5.32 Å². The summed E-state index contributed by atoms with van der Waals surface area (Å²) in [5.41, 5.74) is 7.39. The molecule has 0 atom stereocenters. The van der Waals surface area contributed by atoms with Crippen LogP contribution in [0.4, 0.5) is 5.69 Å². The van der Waals surface area contributed by atoms with Crippen LogP contribution in [0.3, 0.4) is 0 Å². The Balaban J connectivity index is 2.02. The Morgan fingerprint density at radius 2 is 2.00 bits per heavy atom. The number of carboxylic acid groups (broad SMARTS) is 1. The third-order valence-electron chi connectivity index (χ3n) is 3.86. The molecule has 1 aliphatic carbocycles. The second-order valence-corrected chi connectivity index (χ2v) is 5.63. The van der Waals surface area contributed by atoms with Crippen LogP contribution in [0, 0.1) is 6.92 Å². The Hall–Kier alpha value is -1.88. The first-order valence-electron chi connectivity index (χ1n) is 6.82. The molecule has 1 aromatic carbocycles. The van der Waals surface area contributed by atoms with Gasteiger partial charge in [-0.1, -0.05) is 12.8 Å². The first-order valence-corrected chi connectivity index (χ1v) is 6.82. The number of carbonyl (C=O) groups excluding carboxylic acids is 1. The number of hydrogen-bond acceptors (Lipinski definition) is 3. The van der Waals surface area contributed by atoms with Gasteiger partial charge in [-0.2, -0.15) is 0 Å². The molecule has 2 rings (SSSR count). The first kappa shape index (κ1) is 14.5. The largest absolute Gasteiger partial charge is 0.478 e. The molecule has 4 N–H and O–H groups in total. The number of benzene rings is 1. The summed E-state index contributed by atoms with van der Waals surface area (Å²) in [6.45, 7) is 1.77. The Morgan fingerprint density at radius 1 is 1.35 bits per heavy atom. The standard InChI is InChI=1S/C15H20N2O3/c1-10-8-11(14(19)20)4-5-12(10)17-13(18)9-15(16)6-2-3-7-15/h4-5,8H,2-3,6-7,9,16H2,1H3,(H,17,18)(H,19,20). The summed E-state index contributed by atoms with van der Waals surface area (Å²) in [7, 11) is 0. The van der Waals surface area contributed by atoms with E-state index in [2.05, 4.69) is 5.32 Å². The van der Waals surface area contributed by atoms with Crippen molar-refractivity contribution in [3.05, 3.63) is 29.3 Å². The summed E-state index contributed by atoms with van der Waals surface area (Å²) < 4.78 is 0. The van der Waals surface area contributed by atoms with E-state index < -0.39 is 5.97 Å². The van der Waals surface area contributed by atoms with E-state index in [0.29, 0.717) is 12.1 Å². The molecule has 1 fully saturated rings. The molecule has 0 unspecified atom stereocenters. The fourth-order valence-corrected chi connectivity index (χ4v) is 2.71. The molecular formula is C15H20N2O3. The van der Waals surface area contributed by atoms with Gasteiger partial charge in [0.05, 0.1) is 5.56 Å². The lowest BCUT2D eigenvalue weighted by Gasteiger charge is -2.22. The molecule has 0 aliphatic heterocycles. The maximum Gasteiger partial charge on any atom is 0.335 e. The van der Waals surface area contributed by atoms with Gasteiger partial charge in [-0.25, -0.2) is 4.79 Å². The molecule has 0 radical (unpaired) electrons. The fourth-order valence-electron chi connectivity index (χ4n) is 2.71. The van der Waals surface area contributed by atoms with Crippen LogP contribution in [0.5, 0.6) is 0 Å². The maximum absolute atomic E-state index is 12.0. The van der Waals surface area contributed by atoms with Crippen LogP contribution in [-0.2, 0) is 4.79 Å². The highest BCUT2D eigenvalue weighted by Crippen LogP contribution is 2.30. The van der Waals surface area contributed by atoms with Crippen LogP contribution < -0.4 is 11.1 Å². The number of carbonyl (C=O) groups is 2. The molecule has 1 aromatic rings. The lowest BCUT2D eigenvalue weighted by molar-refractivity contribution is -0.117. The number of aromatic carboxylic acids is 1. The van der Waals surface area contributed by atoms with Gasteiger partial charge in [0.15, 0.2) is 0 Å². The van der Waals surface area contributed by atoms with Crippen molar-refractivity contribution in [1.29, 1.82) is 0 Å². The topological polar surface area (TPSA) is 92.4 Å². The number of hydrogen-bond donors (Lipinski definition) is 3. The Kier molecular flexibility index (Phi) is 4.09. The van der Waals surface area contributed by atoms with E-state index in [1.807, 2.05) is 0 Å². The van der Waals surface area contributed by atoms with Gasteiger partial charge in [0.2, 0.25) is 5.91 Å². The van der Waals surface area contributed by atoms with Crippen molar-refractivity contribution in [2.45, 2.75) is 44.6 Å². The van der Waals surface area contributed by atoms with E-state index in [1.165, 1.54) is 6.07 Å². The third kappa shape index (κ3) is 3.36. The minimum absolute atomic E-state index is 0.111. The number of amides is 1. The van der Waals surface area contributed by atoms with Gasteiger partial charge in [-0.15, -0.1) is 0 Å². The van der Waals surface area contributed by atoms with E-state index in [4.69, 9.17) is 10.8 Å². The number of carboxylic acids is 1. The number of rotatable bonds is 4. The maximum atomic E-state index is 12.0. The molecule has 1 saturated carbocycles. The lowest BCUT2D eigenvalue weighted by Crippen LogP contribution is -2.40. The molecule has 0 saturated heterocycles. The highest BCUT2D eigenvalue weighted by atomic mass is 16.4. The number of nitrogens with one attached hydrogen (secondary N) is 1. The Morgan fingerprint density at radius 3 is 2.55 bits per heavy atom. The molecular weight excluding hydrogens is 256 g/mol. The minimum atomic E-state index is -0.974. The average molecular weight is 276 g/mol. The summed E-state index contributed by atoms with van der Waals surface area (Å²) in [5, 5.41) is 11.7. The van der Waals surface area contributed by atoms with Gasteiger partial charge in [-0.3, -0.25) is 4.79 Å². The highest BCUT2D eigenvalue weighted by molar-refractivity contribution is 5.94. The van der Waals surface area contributed by atoms with Crippen LogP contribution >= 0.6 is 0 Å². The molecule has 0 spiro atoms. The van der Waals surface area contributed by atoms with Gasteiger partial charge >= 0.3 is 5.97 Å². The molecule has 108 valence electrons. The summed E-state index contributed by atoms with van der Waals surface area (Å²) in [6, 6.07) is 4.65. The van der Waals surface area contributed by atoms with Crippen LogP contribution in [0.25, 0.3) is 0 Å². The van der Waals surface area contributed by atoms with Gasteiger partial charge < -0.3 is 16.2 Å². The van der Waals surface area contributed by atoms with Gasteiger partial charge in [0.1, 0.15) is 0 Å². The van der Waals surface area contributed by atoms with Gasteiger partial charge in [0.25, 0.3) is 0 Å². The van der Waals surface area contributed by atoms with Gasteiger partial charge in [0, 0.05) is 17.6 Å². The Labute approximate surface area is 118 Å². The fraction of sp³-hybridized carbons (Fsp3) is 0.467. The predicted molar refractivity (Wildman–Crippen MR) is 76.8 cm³/mol. The molecule has 5 heteroatoms. The van der Waals surface area contributed by atoms with Gasteiger partial charge in [-0.05, 0) is 43.5 Å². The normalized spacial score (nSPS) is 16.9. The van der Waals surface area contributed by atoms with Crippen molar-refractivity contribution in [3.63, 3.8) is 0 Å². The van der Waals surface area contributed by atoms with E-state index in [-0.39, 0.29) is 17.0 Å². The van der Waals surface area contributed by atoms with E-state index in [9.17, 15) is 9.59 Å². The van der Waals surface area contributed by atoms with Crippen molar-refractivity contribution in [1.82, 2.24) is 0 Å². The second kappa shape index (κ2) is 5.63. The highest BCUT2D eigenvalue weighted by Gasteiger charge is 2.31. The summed E-state index contributed by atoms with van der Waals surface area (Å²) in [6.07, 6.45) is 4.24. The predicted octanol–water partition coefficient (Wildman–Crippen LogP) is 2.29. The van der Waals surface area contributed by atoms with Crippen LogP contribution in [0.2, 0.25) is 0 Å².